The molecule has 0 aliphatic rings. The van der Waals surface area contributed by atoms with E-state index in [0.29, 0.717) is 16.5 Å². The first-order valence-electron chi connectivity index (χ1n) is 11.5. The Morgan fingerprint density at radius 2 is 1.81 bits per heavy atom. The average Bonchev–Trinajstić information content (AvgIpc) is 3.46. The van der Waals surface area contributed by atoms with Gasteiger partial charge in [0.05, 0.1) is 5.56 Å². The summed E-state index contributed by atoms with van der Waals surface area (Å²) >= 11 is 6.08. The van der Waals surface area contributed by atoms with Gasteiger partial charge in [-0.25, -0.2) is 4.39 Å². The van der Waals surface area contributed by atoms with Crippen LogP contribution in [0.15, 0.2) is 65.1 Å². The van der Waals surface area contributed by atoms with Crippen LogP contribution in [0.25, 0.3) is 11.4 Å². The zero-order valence-electron chi connectivity index (χ0n) is 20.8. The number of rotatable bonds is 7. The maximum absolute atomic E-state index is 14.2. The van der Waals surface area contributed by atoms with Gasteiger partial charge in [-0.05, 0) is 81.4 Å². The van der Waals surface area contributed by atoms with Crippen molar-refractivity contribution >= 4 is 29.1 Å². The van der Waals surface area contributed by atoms with Crippen molar-refractivity contribution in [3.63, 3.8) is 0 Å². The quantitative estimate of drug-likeness (QED) is 0.375. The Kier molecular flexibility index (Phi) is 7.40. The topological polar surface area (TPSA) is 106 Å². The number of nitrogens with one attached hydrogen (secondary N) is 1. The molecule has 2 amide bonds. The van der Waals surface area contributed by atoms with Gasteiger partial charge >= 0.3 is 0 Å². The van der Waals surface area contributed by atoms with Crippen molar-refractivity contribution in [3.8, 4) is 11.4 Å². The summed E-state index contributed by atoms with van der Waals surface area (Å²) < 4.78 is 20.0. The Labute approximate surface area is 218 Å². The van der Waals surface area contributed by atoms with Crippen LogP contribution in [-0.4, -0.2) is 37.6 Å². The maximum Gasteiger partial charge on any atom is 0.251 e. The van der Waals surface area contributed by atoms with E-state index in [1.165, 1.54) is 17.0 Å². The lowest BCUT2D eigenvalue weighted by molar-refractivity contribution is -0.128. The fourth-order valence-electron chi connectivity index (χ4n) is 3.71. The van der Waals surface area contributed by atoms with E-state index in [4.69, 9.17) is 16.0 Å². The summed E-state index contributed by atoms with van der Waals surface area (Å²) in [4.78, 5) is 29.7. The number of amides is 2. The molecule has 0 radical (unpaired) electrons. The van der Waals surface area contributed by atoms with Crippen LogP contribution in [-0.2, 0) is 16.1 Å². The minimum absolute atomic E-state index is 0.0348. The van der Waals surface area contributed by atoms with E-state index in [-0.39, 0.29) is 23.7 Å². The van der Waals surface area contributed by atoms with Crippen molar-refractivity contribution < 1.29 is 18.4 Å². The molecule has 0 bridgehead atoms. The minimum atomic E-state index is -1.14. The molecule has 37 heavy (non-hydrogen) atoms. The molecule has 0 fully saturated rings. The largest absolute Gasteiger partial charge is 0.464 e. The number of aromatic nitrogens is 4. The fourth-order valence-corrected chi connectivity index (χ4v) is 3.83. The molecule has 0 saturated heterocycles. The number of tetrazole rings is 1. The standard InChI is InChI=1S/C26H26ClFN6O3/c1-16-9-14-21(37-16)23(25(36)29-26(2,3)4)34(18-12-10-17(27)11-13-18)22(35)15-33-31-24(30-32-33)19-7-5-6-8-20(19)28/h5-14,23H,15H2,1-4H3,(H,29,36)/t23-/m1/s1. The van der Waals surface area contributed by atoms with Crippen LogP contribution in [0.4, 0.5) is 10.1 Å². The van der Waals surface area contributed by atoms with Crippen LogP contribution in [0.2, 0.25) is 5.02 Å². The molecular formula is C26H26ClFN6O3. The van der Waals surface area contributed by atoms with Crippen LogP contribution in [0.3, 0.4) is 0 Å². The highest BCUT2D eigenvalue weighted by atomic mass is 35.5. The number of benzene rings is 2. The Morgan fingerprint density at radius 3 is 2.43 bits per heavy atom. The first-order chi connectivity index (χ1) is 17.5. The van der Waals surface area contributed by atoms with Crippen LogP contribution in [0.1, 0.15) is 38.3 Å². The molecule has 0 saturated carbocycles. The molecule has 2 heterocycles. The summed E-state index contributed by atoms with van der Waals surface area (Å²) in [5.74, 6) is -0.580. The van der Waals surface area contributed by atoms with Gasteiger partial charge < -0.3 is 9.73 Å². The van der Waals surface area contributed by atoms with Crippen LogP contribution in [0.5, 0.6) is 0 Å². The van der Waals surface area contributed by atoms with E-state index in [1.807, 2.05) is 20.8 Å². The SMILES string of the molecule is Cc1ccc([C@H](C(=O)NC(C)(C)C)N(C(=O)Cn2nnc(-c3ccccc3F)n2)c2ccc(Cl)cc2)o1. The van der Waals surface area contributed by atoms with Crippen molar-refractivity contribution in [1.29, 1.82) is 0 Å². The summed E-state index contributed by atoms with van der Waals surface area (Å²) in [5, 5.41) is 15.4. The van der Waals surface area contributed by atoms with Crippen molar-refractivity contribution in [2.24, 2.45) is 0 Å². The number of aryl methyl sites for hydroxylation is 1. The van der Waals surface area contributed by atoms with E-state index in [9.17, 15) is 14.0 Å². The van der Waals surface area contributed by atoms with E-state index in [2.05, 4.69) is 20.7 Å². The van der Waals surface area contributed by atoms with Crippen molar-refractivity contribution in [3.05, 3.63) is 83.0 Å². The zero-order valence-corrected chi connectivity index (χ0v) is 21.5. The van der Waals surface area contributed by atoms with Crippen molar-refractivity contribution in [2.45, 2.75) is 45.8 Å². The van der Waals surface area contributed by atoms with Gasteiger partial charge in [0.2, 0.25) is 5.82 Å². The van der Waals surface area contributed by atoms with Crippen LogP contribution in [0, 0.1) is 12.7 Å². The number of furan rings is 1. The molecular weight excluding hydrogens is 499 g/mol. The summed E-state index contributed by atoms with van der Waals surface area (Å²) in [7, 11) is 0. The normalized spacial score (nSPS) is 12.3. The minimum Gasteiger partial charge on any atom is -0.464 e. The fraction of sp³-hybridized carbons (Fsp3) is 0.269. The second-order valence-electron chi connectivity index (χ2n) is 9.45. The highest BCUT2D eigenvalue weighted by Crippen LogP contribution is 2.31. The van der Waals surface area contributed by atoms with Gasteiger partial charge in [-0.3, -0.25) is 14.5 Å². The number of carbonyl (C=O) groups excluding carboxylic acids is 2. The number of halogens is 2. The van der Waals surface area contributed by atoms with Gasteiger partial charge in [-0.15, -0.1) is 10.2 Å². The predicted octanol–water partition coefficient (Wildman–Crippen LogP) is 4.72. The Hall–Kier alpha value is -4.05. The summed E-state index contributed by atoms with van der Waals surface area (Å²) in [6.45, 7) is 6.90. The number of nitrogens with zero attached hydrogens (tertiary/aromatic N) is 5. The highest BCUT2D eigenvalue weighted by molar-refractivity contribution is 6.30. The Balaban J connectivity index is 1.73. The molecule has 4 aromatic rings. The van der Waals surface area contributed by atoms with Crippen molar-refractivity contribution in [2.75, 3.05) is 4.90 Å². The molecule has 11 heteroatoms. The number of hydrogen-bond acceptors (Lipinski definition) is 6. The smallest absolute Gasteiger partial charge is 0.251 e. The second-order valence-corrected chi connectivity index (χ2v) is 9.89. The lowest BCUT2D eigenvalue weighted by Gasteiger charge is -2.32. The van der Waals surface area contributed by atoms with Gasteiger partial charge in [0, 0.05) is 16.2 Å². The molecule has 0 aliphatic carbocycles. The molecule has 4 rings (SSSR count). The molecule has 1 atom stereocenters. The van der Waals surface area contributed by atoms with Crippen molar-refractivity contribution in [1.82, 2.24) is 25.5 Å². The molecule has 192 valence electrons. The second kappa shape index (κ2) is 10.5. The van der Waals surface area contributed by atoms with Gasteiger partial charge in [-0.2, -0.15) is 4.80 Å². The number of carbonyl (C=O) groups is 2. The first kappa shape index (κ1) is 26.0. The number of anilines is 1. The van der Waals surface area contributed by atoms with Crippen LogP contribution < -0.4 is 10.2 Å². The maximum atomic E-state index is 14.2. The molecule has 0 spiro atoms. The summed E-state index contributed by atoms with van der Waals surface area (Å²) in [5.41, 5.74) is -0.00966. The van der Waals surface area contributed by atoms with E-state index in [1.54, 1.807) is 55.5 Å². The zero-order chi connectivity index (χ0) is 26.7. The monoisotopic (exact) mass is 524 g/mol. The summed E-state index contributed by atoms with van der Waals surface area (Å²) in [6.07, 6.45) is 0. The van der Waals surface area contributed by atoms with Gasteiger partial charge in [0.15, 0.2) is 6.04 Å². The van der Waals surface area contributed by atoms with Gasteiger partial charge in [0.25, 0.3) is 11.8 Å². The lowest BCUT2D eigenvalue weighted by Crippen LogP contribution is -2.50. The van der Waals surface area contributed by atoms with Crippen LogP contribution >= 0.6 is 11.6 Å². The molecule has 9 nitrogen and oxygen atoms in total. The number of hydrogen-bond donors (Lipinski definition) is 1. The third-order valence-corrected chi connectivity index (χ3v) is 5.51. The molecule has 1 N–H and O–H groups in total. The molecule has 0 aliphatic heterocycles. The van der Waals surface area contributed by atoms with Gasteiger partial charge in [-0.1, -0.05) is 23.7 Å². The van der Waals surface area contributed by atoms with Gasteiger partial charge in [0.1, 0.15) is 23.9 Å². The van der Waals surface area contributed by atoms with E-state index >= 15 is 0 Å². The predicted molar refractivity (Wildman–Crippen MR) is 136 cm³/mol. The highest BCUT2D eigenvalue weighted by Gasteiger charge is 2.37. The Bertz CT molecular complexity index is 1410. The average molecular weight is 525 g/mol. The Morgan fingerprint density at radius 1 is 1.11 bits per heavy atom. The molecule has 2 aromatic heterocycles. The van der Waals surface area contributed by atoms with E-state index in [0.717, 1.165) is 4.80 Å². The molecule has 2 aromatic carbocycles. The van der Waals surface area contributed by atoms with E-state index < -0.39 is 29.2 Å². The first-order valence-corrected chi connectivity index (χ1v) is 11.9. The lowest BCUT2D eigenvalue weighted by atomic mass is 10.1. The summed E-state index contributed by atoms with van der Waals surface area (Å²) in [6, 6.07) is 14.7. The third-order valence-electron chi connectivity index (χ3n) is 5.25. The molecule has 0 unspecified atom stereocenters. The third kappa shape index (κ3) is 6.21.